The van der Waals surface area contributed by atoms with Gasteiger partial charge in [0.15, 0.2) is 0 Å². The molecule has 5 heteroatoms. The fourth-order valence-corrected chi connectivity index (χ4v) is 6.84. The zero-order chi connectivity index (χ0) is 19.5. The number of pyridine rings is 1. The molecule has 1 aliphatic carbocycles. The molecule has 1 spiro atoms. The van der Waals surface area contributed by atoms with E-state index in [0.717, 1.165) is 32.0 Å². The molecular formula is C24H34N4S. The lowest BCUT2D eigenvalue weighted by atomic mass is 10.1. The quantitative estimate of drug-likeness (QED) is 0.654. The topological polar surface area (TPSA) is 22.6 Å². The van der Waals surface area contributed by atoms with Crippen molar-refractivity contribution in [2.45, 2.75) is 43.3 Å². The van der Waals surface area contributed by atoms with Gasteiger partial charge in [0.05, 0.1) is 0 Å². The Morgan fingerprint density at radius 1 is 0.897 bits per heavy atom. The second-order valence-electron chi connectivity index (χ2n) is 9.14. The van der Waals surface area contributed by atoms with Crippen molar-refractivity contribution in [3.8, 4) is 0 Å². The molecule has 3 heterocycles. The van der Waals surface area contributed by atoms with Crippen molar-refractivity contribution >= 4 is 28.4 Å². The summed E-state index contributed by atoms with van der Waals surface area (Å²) in [4.78, 5) is 12.5. The minimum atomic E-state index is 0.646. The van der Waals surface area contributed by atoms with Gasteiger partial charge in [0.25, 0.3) is 0 Å². The number of fused-ring (bicyclic) bond motifs is 1. The van der Waals surface area contributed by atoms with Gasteiger partial charge in [-0.05, 0) is 50.2 Å². The number of nitrogens with zero attached hydrogens (tertiary/aromatic N) is 4. The van der Waals surface area contributed by atoms with Crippen LogP contribution in [-0.2, 0) is 0 Å². The summed E-state index contributed by atoms with van der Waals surface area (Å²) in [5.74, 6) is 2.41. The van der Waals surface area contributed by atoms with Crippen LogP contribution >= 0.6 is 11.8 Å². The highest BCUT2D eigenvalue weighted by molar-refractivity contribution is 8.00. The molecule has 3 fully saturated rings. The molecule has 0 atom stereocenters. The second kappa shape index (κ2) is 8.83. The Kier molecular flexibility index (Phi) is 5.98. The molecule has 5 rings (SSSR count). The van der Waals surface area contributed by atoms with Crippen LogP contribution in [0.3, 0.4) is 0 Å². The Morgan fingerprint density at radius 3 is 2.41 bits per heavy atom. The molecular weight excluding hydrogens is 376 g/mol. The van der Waals surface area contributed by atoms with Gasteiger partial charge >= 0.3 is 0 Å². The van der Waals surface area contributed by atoms with Gasteiger partial charge in [-0.2, -0.15) is 0 Å². The fourth-order valence-electron chi connectivity index (χ4n) is 5.31. The van der Waals surface area contributed by atoms with Gasteiger partial charge in [0.1, 0.15) is 5.82 Å². The Labute approximate surface area is 179 Å². The van der Waals surface area contributed by atoms with Crippen molar-refractivity contribution in [1.29, 1.82) is 0 Å². The normalized spacial score (nSPS) is 22.8. The van der Waals surface area contributed by atoms with Gasteiger partial charge in [-0.15, -0.1) is 11.8 Å². The lowest BCUT2D eigenvalue weighted by Gasteiger charge is -2.35. The Morgan fingerprint density at radius 2 is 1.62 bits per heavy atom. The fraction of sp³-hybridized carbons (Fsp3) is 0.625. The van der Waals surface area contributed by atoms with Crippen molar-refractivity contribution in [1.82, 2.24) is 14.8 Å². The molecule has 2 aliphatic heterocycles. The van der Waals surface area contributed by atoms with E-state index in [1.807, 2.05) is 6.20 Å². The van der Waals surface area contributed by atoms with Crippen LogP contribution in [0.1, 0.15) is 38.5 Å². The summed E-state index contributed by atoms with van der Waals surface area (Å²) in [7, 11) is 0. The minimum absolute atomic E-state index is 0.646. The summed E-state index contributed by atoms with van der Waals surface area (Å²) in [5, 5.41) is 2.52. The van der Waals surface area contributed by atoms with Crippen LogP contribution in [0.5, 0.6) is 0 Å². The average Bonchev–Trinajstić information content (AvgIpc) is 3.41. The third-order valence-corrected chi connectivity index (χ3v) is 8.74. The Balaban J connectivity index is 1.02. The van der Waals surface area contributed by atoms with Gasteiger partial charge in [-0.3, -0.25) is 9.80 Å². The number of rotatable bonds is 6. The molecule has 0 amide bonds. The molecule has 2 aromatic rings. The standard InChI is InChI=1S/C24H34N4S/c1-2-8-22-18-25-23(17-21(22)7-1)28-15-13-26(14-16-28)11-5-6-12-27-19-24(29-20-27)9-3-4-10-24/h1-2,7-8,17-18H,3-6,9-16,19-20H2. The smallest absolute Gasteiger partial charge is 0.129 e. The maximum absolute atomic E-state index is 4.71. The molecule has 0 unspecified atom stereocenters. The van der Waals surface area contributed by atoms with Crippen molar-refractivity contribution in [2.24, 2.45) is 0 Å². The summed E-state index contributed by atoms with van der Waals surface area (Å²) in [6.45, 7) is 8.43. The van der Waals surface area contributed by atoms with Crippen LogP contribution in [-0.4, -0.2) is 71.2 Å². The molecule has 156 valence electrons. The first-order chi connectivity index (χ1) is 14.3. The maximum atomic E-state index is 4.71. The lowest BCUT2D eigenvalue weighted by Crippen LogP contribution is -2.47. The largest absolute Gasteiger partial charge is 0.354 e. The molecule has 0 bridgehead atoms. The first-order valence-corrected chi connectivity index (χ1v) is 12.5. The van der Waals surface area contributed by atoms with E-state index in [4.69, 9.17) is 4.98 Å². The number of unbranched alkanes of at least 4 members (excludes halogenated alkanes) is 1. The molecule has 1 saturated carbocycles. The number of hydrogen-bond donors (Lipinski definition) is 0. The van der Waals surface area contributed by atoms with Crippen LogP contribution in [0, 0.1) is 0 Å². The van der Waals surface area contributed by atoms with Crippen LogP contribution in [0.25, 0.3) is 10.8 Å². The SMILES string of the molecule is c1ccc2cc(N3CCN(CCCCN4CSC5(CCCC5)C4)CC3)ncc2c1. The third kappa shape index (κ3) is 4.57. The Hall–Kier alpha value is -1.30. The van der Waals surface area contributed by atoms with E-state index in [2.05, 4.69) is 56.8 Å². The highest BCUT2D eigenvalue weighted by atomic mass is 32.2. The van der Waals surface area contributed by atoms with E-state index >= 15 is 0 Å². The molecule has 1 aromatic carbocycles. The maximum Gasteiger partial charge on any atom is 0.129 e. The van der Waals surface area contributed by atoms with Crippen molar-refractivity contribution in [3.63, 3.8) is 0 Å². The van der Waals surface area contributed by atoms with E-state index in [0.29, 0.717) is 4.75 Å². The molecule has 29 heavy (non-hydrogen) atoms. The molecule has 4 nitrogen and oxygen atoms in total. The molecule has 2 saturated heterocycles. The minimum Gasteiger partial charge on any atom is -0.354 e. The predicted octanol–water partition coefficient (Wildman–Crippen LogP) is 4.46. The number of piperazine rings is 1. The highest BCUT2D eigenvalue weighted by Gasteiger charge is 2.40. The lowest BCUT2D eigenvalue weighted by molar-refractivity contribution is 0.241. The third-order valence-electron chi connectivity index (χ3n) is 7.09. The number of anilines is 1. The monoisotopic (exact) mass is 410 g/mol. The van der Waals surface area contributed by atoms with Gasteiger partial charge < -0.3 is 4.90 Å². The van der Waals surface area contributed by atoms with E-state index in [9.17, 15) is 0 Å². The Bertz CT molecular complexity index is 811. The van der Waals surface area contributed by atoms with E-state index < -0.39 is 0 Å². The van der Waals surface area contributed by atoms with Crippen molar-refractivity contribution in [3.05, 3.63) is 36.5 Å². The summed E-state index contributed by atoms with van der Waals surface area (Å²) in [6.07, 6.45) is 10.5. The summed E-state index contributed by atoms with van der Waals surface area (Å²) < 4.78 is 0.646. The van der Waals surface area contributed by atoms with E-state index in [1.165, 1.54) is 74.8 Å². The number of aromatic nitrogens is 1. The molecule has 3 aliphatic rings. The van der Waals surface area contributed by atoms with Crippen molar-refractivity contribution in [2.75, 3.05) is 56.6 Å². The van der Waals surface area contributed by atoms with Gasteiger partial charge in [-0.1, -0.05) is 37.1 Å². The first kappa shape index (κ1) is 19.7. The van der Waals surface area contributed by atoms with Crippen LogP contribution in [0.15, 0.2) is 36.5 Å². The van der Waals surface area contributed by atoms with E-state index in [1.54, 1.807) is 0 Å². The van der Waals surface area contributed by atoms with Gasteiger partial charge in [-0.25, -0.2) is 4.98 Å². The van der Waals surface area contributed by atoms with Gasteiger partial charge in [0.2, 0.25) is 0 Å². The van der Waals surface area contributed by atoms with Crippen LogP contribution in [0.2, 0.25) is 0 Å². The highest BCUT2D eigenvalue weighted by Crippen LogP contribution is 2.46. The van der Waals surface area contributed by atoms with E-state index in [-0.39, 0.29) is 0 Å². The summed E-state index contributed by atoms with van der Waals surface area (Å²) >= 11 is 2.25. The number of benzene rings is 1. The second-order valence-corrected chi connectivity index (χ2v) is 10.6. The predicted molar refractivity (Wildman–Crippen MR) is 125 cm³/mol. The number of thioether (sulfide) groups is 1. The van der Waals surface area contributed by atoms with Crippen LogP contribution < -0.4 is 4.90 Å². The zero-order valence-corrected chi connectivity index (χ0v) is 18.4. The summed E-state index contributed by atoms with van der Waals surface area (Å²) in [5.41, 5.74) is 0. The first-order valence-electron chi connectivity index (χ1n) is 11.5. The number of hydrogen-bond acceptors (Lipinski definition) is 5. The van der Waals surface area contributed by atoms with Gasteiger partial charge in [0, 0.05) is 54.9 Å². The molecule has 1 aromatic heterocycles. The average molecular weight is 411 g/mol. The molecule has 0 radical (unpaired) electrons. The molecule has 0 N–H and O–H groups in total. The van der Waals surface area contributed by atoms with Crippen molar-refractivity contribution < 1.29 is 0 Å². The zero-order valence-electron chi connectivity index (χ0n) is 17.6. The summed E-state index contributed by atoms with van der Waals surface area (Å²) in [6, 6.07) is 10.8. The van der Waals surface area contributed by atoms with Crippen LogP contribution in [0.4, 0.5) is 5.82 Å².